The molecule has 1 aromatic rings. The molecule has 0 saturated carbocycles. The normalized spacial score (nSPS) is 11.9. The smallest absolute Gasteiger partial charge is 0.288 e. The van der Waals surface area contributed by atoms with E-state index < -0.39 is 12.2 Å². The van der Waals surface area contributed by atoms with Crippen molar-refractivity contribution >= 4 is 17.5 Å². The Hall–Kier alpha value is -0.900. The SMILES string of the molecule is CC(C)(C)Sc1ccccc1C(=O)C(F)F. The van der Waals surface area contributed by atoms with Gasteiger partial charge in [-0.15, -0.1) is 11.8 Å². The second-order valence-electron chi connectivity index (χ2n) is 4.38. The first kappa shape index (κ1) is 13.2. The van der Waals surface area contributed by atoms with Crippen molar-refractivity contribution < 1.29 is 13.6 Å². The fourth-order valence-electron chi connectivity index (χ4n) is 1.21. The maximum absolute atomic E-state index is 12.4. The lowest BCUT2D eigenvalue weighted by Crippen LogP contribution is -2.13. The zero-order valence-corrected chi connectivity index (χ0v) is 10.3. The molecule has 0 spiro atoms. The standard InChI is InChI=1S/C12H14F2OS/c1-12(2,3)16-9-7-5-4-6-8(9)10(15)11(13)14/h4-7,11H,1-3H3. The van der Waals surface area contributed by atoms with E-state index in [4.69, 9.17) is 0 Å². The first-order chi connectivity index (χ1) is 7.31. The van der Waals surface area contributed by atoms with Crippen molar-refractivity contribution in [1.29, 1.82) is 0 Å². The third kappa shape index (κ3) is 3.59. The summed E-state index contributed by atoms with van der Waals surface area (Å²) in [5.41, 5.74) is 0.109. The summed E-state index contributed by atoms with van der Waals surface area (Å²) < 4.78 is 24.6. The number of thioether (sulfide) groups is 1. The van der Waals surface area contributed by atoms with Crippen LogP contribution in [0.3, 0.4) is 0 Å². The van der Waals surface area contributed by atoms with E-state index in [0.717, 1.165) is 0 Å². The van der Waals surface area contributed by atoms with Gasteiger partial charge in [-0.25, -0.2) is 8.78 Å². The van der Waals surface area contributed by atoms with Gasteiger partial charge in [0.2, 0.25) is 5.78 Å². The van der Waals surface area contributed by atoms with Gasteiger partial charge in [0.25, 0.3) is 0 Å². The second kappa shape index (κ2) is 4.95. The van der Waals surface area contributed by atoms with Crippen LogP contribution in [-0.4, -0.2) is 17.0 Å². The molecule has 0 fully saturated rings. The predicted molar refractivity (Wildman–Crippen MR) is 62.4 cm³/mol. The van der Waals surface area contributed by atoms with E-state index in [-0.39, 0.29) is 10.3 Å². The molecule has 0 bridgehead atoms. The fourth-order valence-corrected chi connectivity index (χ4v) is 2.29. The van der Waals surface area contributed by atoms with Gasteiger partial charge in [-0.05, 0) is 6.07 Å². The number of ketones is 1. The minimum absolute atomic E-state index is 0.109. The molecule has 0 aliphatic rings. The fraction of sp³-hybridized carbons (Fsp3) is 0.417. The van der Waals surface area contributed by atoms with Crippen LogP contribution in [0.4, 0.5) is 8.78 Å². The summed E-state index contributed by atoms with van der Waals surface area (Å²) >= 11 is 1.42. The van der Waals surface area contributed by atoms with Gasteiger partial charge < -0.3 is 0 Å². The number of benzene rings is 1. The highest BCUT2D eigenvalue weighted by Gasteiger charge is 2.23. The molecule has 1 rings (SSSR count). The van der Waals surface area contributed by atoms with Crippen molar-refractivity contribution in [2.45, 2.75) is 36.8 Å². The third-order valence-corrected chi connectivity index (χ3v) is 2.96. The minimum Gasteiger partial charge on any atom is -0.288 e. The molecule has 1 aromatic carbocycles. The molecule has 0 unspecified atom stereocenters. The Morgan fingerprint density at radius 2 is 1.81 bits per heavy atom. The third-order valence-electron chi connectivity index (χ3n) is 1.77. The number of halogens is 2. The van der Waals surface area contributed by atoms with Gasteiger partial charge in [-0.2, -0.15) is 0 Å². The average Bonchev–Trinajstić information content (AvgIpc) is 2.15. The van der Waals surface area contributed by atoms with E-state index >= 15 is 0 Å². The van der Waals surface area contributed by atoms with Gasteiger partial charge in [0.05, 0.1) is 0 Å². The van der Waals surface area contributed by atoms with Crippen LogP contribution >= 0.6 is 11.8 Å². The van der Waals surface area contributed by atoms with Gasteiger partial charge in [-0.3, -0.25) is 4.79 Å². The Morgan fingerprint density at radius 3 is 2.31 bits per heavy atom. The highest BCUT2D eigenvalue weighted by Crippen LogP contribution is 2.34. The highest BCUT2D eigenvalue weighted by atomic mass is 32.2. The summed E-state index contributed by atoms with van der Waals surface area (Å²) in [4.78, 5) is 11.9. The molecule has 0 atom stereocenters. The maximum Gasteiger partial charge on any atom is 0.300 e. The second-order valence-corrected chi connectivity index (χ2v) is 6.24. The Kier molecular flexibility index (Phi) is 4.08. The number of hydrogen-bond donors (Lipinski definition) is 0. The molecule has 0 saturated heterocycles. The summed E-state index contributed by atoms with van der Waals surface area (Å²) in [6, 6.07) is 6.49. The van der Waals surface area contributed by atoms with E-state index in [9.17, 15) is 13.6 Å². The molecule has 0 amide bonds. The van der Waals surface area contributed by atoms with Crippen LogP contribution in [0.15, 0.2) is 29.2 Å². The van der Waals surface area contributed by atoms with Crippen LogP contribution in [0.5, 0.6) is 0 Å². The number of hydrogen-bond acceptors (Lipinski definition) is 2. The van der Waals surface area contributed by atoms with Crippen molar-refractivity contribution in [3.05, 3.63) is 29.8 Å². The number of carbonyl (C=O) groups excluding carboxylic acids is 1. The van der Waals surface area contributed by atoms with Gasteiger partial charge in [0.1, 0.15) is 0 Å². The van der Waals surface area contributed by atoms with E-state index in [0.29, 0.717) is 4.90 Å². The van der Waals surface area contributed by atoms with Crippen molar-refractivity contribution in [2.75, 3.05) is 0 Å². The Morgan fingerprint density at radius 1 is 1.25 bits per heavy atom. The van der Waals surface area contributed by atoms with Gasteiger partial charge >= 0.3 is 6.43 Å². The Balaban J connectivity index is 3.06. The topological polar surface area (TPSA) is 17.1 Å². The maximum atomic E-state index is 12.4. The number of rotatable bonds is 3. The van der Waals surface area contributed by atoms with Crippen LogP contribution in [-0.2, 0) is 0 Å². The highest BCUT2D eigenvalue weighted by molar-refractivity contribution is 8.00. The molecule has 0 radical (unpaired) electrons. The zero-order valence-electron chi connectivity index (χ0n) is 9.46. The van der Waals surface area contributed by atoms with Crippen LogP contribution < -0.4 is 0 Å². The first-order valence-electron chi connectivity index (χ1n) is 4.91. The summed E-state index contributed by atoms with van der Waals surface area (Å²) in [5, 5.41) is 0. The largest absolute Gasteiger partial charge is 0.300 e. The molecule has 4 heteroatoms. The molecule has 0 aromatic heterocycles. The van der Waals surface area contributed by atoms with Gasteiger partial charge in [0, 0.05) is 15.2 Å². The predicted octanol–water partition coefficient (Wildman–Crippen LogP) is 4.03. The molecule has 0 N–H and O–H groups in total. The van der Waals surface area contributed by atoms with E-state index in [1.54, 1.807) is 18.2 Å². The quantitative estimate of drug-likeness (QED) is 0.590. The lowest BCUT2D eigenvalue weighted by molar-refractivity contribution is 0.0675. The monoisotopic (exact) mass is 244 g/mol. The molecule has 0 aliphatic carbocycles. The van der Waals surface area contributed by atoms with E-state index in [1.807, 2.05) is 20.8 Å². The van der Waals surface area contributed by atoms with Crippen LogP contribution in [0.25, 0.3) is 0 Å². The lowest BCUT2D eigenvalue weighted by atomic mass is 10.1. The van der Waals surface area contributed by atoms with Gasteiger partial charge in [0.15, 0.2) is 0 Å². The molecular weight excluding hydrogens is 230 g/mol. The number of alkyl halides is 2. The molecule has 0 aliphatic heterocycles. The average molecular weight is 244 g/mol. The van der Waals surface area contributed by atoms with E-state index in [1.165, 1.54) is 17.8 Å². The van der Waals surface area contributed by atoms with Crippen molar-refractivity contribution in [1.82, 2.24) is 0 Å². The summed E-state index contributed by atoms with van der Waals surface area (Å²) in [6.45, 7) is 5.92. The molecule has 16 heavy (non-hydrogen) atoms. The summed E-state index contributed by atoms with van der Waals surface area (Å²) in [5.74, 6) is -1.10. The molecular formula is C12H14F2OS. The van der Waals surface area contributed by atoms with E-state index in [2.05, 4.69) is 0 Å². The zero-order chi connectivity index (χ0) is 12.3. The Bertz CT molecular complexity index is 383. The lowest BCUT2D eigenvalue weighted by Gasteiger charge is -2.19. The molecule has 0 heterocycles. The number of carbonyl (C=O) groups is 1. The molecule has 88 valence electrons. The summed E-state index contributed by atoms with van der Waals surface area (Å²) in [7, 11) is 0. The van der Waals surface area contributed by atoms with Gasteiger partial charge in [-0.1, -0.05) is 39.0 Å². The minimum atomic E-state index is -2.94. The van der Waals surface area contributed by atoms with Crippen molar-refractivity contribution in [3.63, 3.8) is 0 Å². The number of Topliss-reactive ketones (excluding diaryl/α,β-unsaturated/α-hetero) is 1. The first-order valence-corrected chi connectivity index (χ1v) is 5.73. The van der Waals surface area contributed by atoms with Crippen molar-refractivity contribution in [2.24, 2.45) is 0 Å². The van der Waals surface area contributed by atoms with Crippen LogP contribution in [0.1, 0.15) is 31.1 Å². The van der Waals surface area contributed by atoms with Crippen LogP contribution in [0, 0.1) is 0 Å². The van der Waals surface area contributed by atoms with Crippen molar-refractivity contribution in [3.8, 4) is 0 Å². The summed E-state index contributed by atoms with van der Waals surface area (Å²) in [6.07, 6.45) is -2.94. The Labute approximate surface area is 98.2 Å². The molecule has 1 nitrogen and oxygen atoms in total. The van der Waals surface area contributed by atoms with Crippen LogP contribution in [0.2, 0.25) is 0 Å².